The fraction of sp³-hybridized carbons (Fsp3) is 1.00. The van der Waals surface area contributed by atoms with Gasteiger partial charge in [-0.05, 0) is 40.0 Å². The molecule has 0 aromatic rings. The van der Waals surface area contributed by atoms with Crippen molar-refractivity contribution in [3.05, 3.63) is 0 Å². The van der Waals surface area contributed by atoms with Gasteiger partial charge >= 0.3 is 0 Å². The van der Waals surface area contributed by atoms with E-state index in [0.29, 0.717) is 12.1 Å². The molecule has 0 amide bonds. The van der Waals surface area contributed by atoms with Crippen molar-refractivity contribution in [2.45, 2.75) is 65.6 Å². The molecule has 3 heteroatoms. The molecule has 0 saturated carbocycles. The maximum Gasteiger partial charge on any atom is 0.0600 e. The second kappa shape index (κ2) is 6.88. The highest BCUT2D eigenvalue weighted by molar-refractivity contribution is 4.84. The highest BCUT2D eigenvalue weighted by Gasteiger charge is 2.26. The van der Waals surface area contributed by atoms with Crippen LogP contribution in [-0.4, -0.2) is 48.8 Å². The van der Waals surface area contributed by atoms with Gasteiger partial charge in [0.25, 0.3) is 0 Å². The van der Waals surface area contributed by atoms with Crippen molar-refractivity contribution in [2.75, 3.05) is 26.2 Å². The summed E-state index contributed by atoms with van der Waals surface area (Å²) in [4.78, 5) is 2.60. The fourth-order valence-corrected chi connectivity index (χ4v) is 2.55. The zero-order chi connectivity index (χ0) is 13.8. The van der Waals surface area contributed by atoms with E-state index in [1.165, 1.54) is 6.42 Å². The number of hydrogen-bond donors (Lipinski definition) is 1. The van der Waals surface area contributed by atoms with E-state index in [2.05, 4.69) is 51.8 Å². The Morgan fingerprint density at radius 3 is 2.56 bits per heavy atom. The molecule has 2 atom stereocenters. The quantitative estimate of drug-likeness (QED) is 0.818. The summed E-state index contributed by atoms with van der Waals surface area (Å²) < 4.78 is 5.86. The van der Waals surface area contributed by atoms with Crippen molar-refractivity contribution in [3.8, 4) is 0 Å². The van der Waals surface area contributed by atoms with Crippen molar-refractivity contribution < 1.29 is 4.74 Å². The normalized spacial score (nSPS) is 26.8. The Hall–Kier alpha value is -0.120. The van der Waals surface area contributed by atoms with Crippen LogP contribution in [0.2, 0.25) is 0 Å². The molecule has 1 fully saturated rings. The minimum Gasteiger partial charge on any atom is -0.375 e. The summed E-state index contributed by atoms with van der Waals surface area (Å²) in [5.74, 6) is 0.760. The van der Waals surface area contributed by atoms with E-state index in [-0.39, 0.29) is 5.60 Å². The molecule has 1 aliphatic rings. The van der Waals surface area contributed by atoms with Gasteiger partial charge in [-0.3, -0.25) is 4.90 Å². The van der Waals surface area contributed by atoms with Crippen molar-refractivity contribution in [3.63, 3.8) is 0 Å². The lowest BCUT2D eigenvalue weighted by molar-refractivity contribution is -0.0231. The molecule has 1 saturated heterocycles. The third-order valence-corrected chi connectivity index (χ3v) is 3.38. The van der Waals surface area contributed by atoms with Crippen LogP contribution in [-0.2, 0) is 4.74 Å². The summed E-state index contributed by atoms with van der Waals surface area (Å²) in [6.07, 6.45) is 1.27. The van der Waals surface area contributed by atoms with Gasteiger partial charge in [0.15, 0.2) is 0 Å². The van der Waals surface area contributed by atoms with Gasteiger partial charge < -0.3 is 10.1 Å². The van der Waals surface area contributed by atoms with Crippen LogP contribution in [0.15, 0.2) is 0 Å². The first-order valence-electron chi connectivity index (χ1n) is 7.39. The lowest BCUT2D eigenvalue weighted by Gasteiger charge is -2.40. The van der Waals surface area contributed by atoms with E-state index < -0.39 is 0 Å². The number of ether oxygens (including phenoxy) is 1. The van der Waals surface area contributed by atoms with Gasteiger partial charge in [-0.1, -0.05) is 13.8 Å². The number of piperazine rings is 1. The standard InChI is InChI=1S/C15H32N2O/c1-12(2)9-14-10-16-13(3)11-17(14)7-8-18-15(4,5)6/h12-14,16H,7-11H2,1-6H3. The molecule has 0 aromatic carbocycles. The highest BCUT2D eigenvalue weighted by atomic mass is 16.5. The van der Waals surface area contributed by atoms with E-state index in [0.717, 1.165) is 32.2 Å². The maximum atomic E-state index is 5.86. The third kappa shape index (κ3) is 6.17. The Labute approximate surface area is 113 Å². The zero-order valence-corrected chi connectivity index (χ0v) is 13.1. The van der Waals surface area contributed by atoms with Gasteiger partial charge in [0, 0.05) is 31.7 Å². The smallest absolute Gasteiger partial charge is 0.0600 e. The predicted octanol–water partition coefficient (Wildman–Crippen LogP) is 2.51. The second-order valence-electron chi connectivity index (χ2n) is 7.05. The average molecular weight is 256 g/mol. The third-order valence-electron chi connectivity index (χ3n) is 3.38. The van der Waals surface area contributed by atoms with Crippen LogP contribution in [0.4, 0.5) is 0 Å². The van der Waals surface area contributed by atoms with Crippen molar-refractivity contribution >= 4 is 0 Å². The molecule has 0 aliphatic carbocycles. The molecule has 0 radical (unpaired) electrons. The van der Waals surface area contributed by atoms with E-state index in [9.17, 15) is 0 Å². The van der Waals surface area contributed by atoms with Gasteiger partial charge in [-0.15, -0.1) is 0 Å². The molecule has 1 rings (SSSR count). The monoisotopic (exact) mass is 256 g/mol. The van der Waals surface area contributed by atoms with Crippen molar-refractivity contribution in [2.24, 2.45) is 5.92 Å². The highest BCUT2D eigenvalue weighted by Crippen LogP contribution is 2.16. The minimum atomic E-state index is -0.0206. The lowest BCUT2D eigenvalue weighted by atomic mass is 9.99. The topological polar surface area (TPSA) is 24.5 Å². The van der Waals surface area contributed by atoms with Gasteiger partial charge in [0.1, 0.15) is 0 Å². The molecule has 0 bridgehead atoms. The van der Waals surface area contributed by atoms with Crippen LogP contribution in [0.1, 0.15) is 48.0 Å². The van der Waals surface area contributed by atoms with Crippen LogP contribution in [0.5, 0.6) is 0 Å². The number of rotatable bonds is 5. The number of hydrogen-bond acceptors (Lipinski definition) is 3. The summed E-state index contributed by atoms with van der Waals surface area (Å²) >= 11 is 0. The van der Waals surface area contributed by atoms with Crippen LogP contribution in [0.3, 0.4) is 0 Å². The molecular formula is C15H32N2O. The summed E-state index contributed by atoms with van der Waals surface area (Å²) in [6, 6.07) is 1.27. The Morgan fingerprint density at radius 1 is 1.33 bits per heavy atom. The van der Waals surface area contributed by atoms with Crippen LogP contribution in [0.25, 0.3) is 0 Å². The lowest BCUT2D eigenvalue weighted by Crippen LogP contribution is -2.56. The Balaban J connectivity index is 2.41. The molecule has 1 aliphatic heterocycles. The SMILES string of the molecule is CC(C)CC1CNC(C)CN1CCOC(C)(C)C. The van der Waals surface area contributed by atoms with Gasteiger partial charge in [0.2, 0.25) is 0 Å². The largest absolute Gasteiger partial charge is 0.375 e. The van der Waals surface area contributed by atoms with Crippen LogP contribution in [0, 0.1) is 5.92 Å². The summed E-state index contributed by atoms with van der Waals surface area (Å²) in [7, 11) is 0. The number of nitrogens with one attached hydrogen (secondary N) is 1. The van der Waals surface area contributed by atoms with E-state index >= 15 is 0 Å². The molecular weight excluding hydrogens is 224 g/mol. The predicted molar refractivity (Wildman–Crippen MR) is 78.0 cm³/mol. The molecule has 2 unspecified atom stereocenters. The summed E-state index contributed by atoms with van der Waals surface area (Å²) in [5.41, 5.74) is -0.0206. The first kappa shape index (κ1) is 15.9. The molecule has 1 N–H and O–H groups in total. The summed E-state index contributed by atoms with van der Waals surface area (Å²) in [6.45, 7) is 17.4. The van der Waals surface area contributed by atoms with Crippen molar-refractivity contribution in [1.82, 2.24) is 10.2 Å². The number of nitrogens with zero attached hydrogens (tertiary/aromatic N) is 1. The van der Waals surface area contributed by atoms with E-state index in [4.69, 9.17) is 4.74 Å². The minimum absolute atomic E-state index is 0.0206. The Bertz CT molecular complexity index is 235. The van der Waals surface area contributed by atoms with Crippen LogP contribution >= 0.6 is 0 Å². The van der Waals surface area contributed by atoms with E-state index in [1.807, 2.05) is 0 Å². The first-order valence-corrected chi connectivity index (χ1v) is 7.39. The van der Waals surface area contributed by atoms with Crippen LogP contribution < -0.4 is 5.32 Å². The van der Waals surface area contributed by atoms with Gasteiger partial charge in [-0.2, -0.15) is 0 Å². The molecule has 3 nitrogen and oxygen atoms in total. The molecule has 18 heavy (non-hydrogen) atoms. The Kier molecular flexibility index (Phi) is 6.09. The zero-order valence-electron chi connectivity index (χ0n) is 13.1. The molecule has 0 spiro atoms. The fourth-order valence-electron chi connectivity index (χ4n) is 2.55. The molecule has 0 aromatic heterocycles. The first-order chi connectivity index (χ1) is 8.28. The average Bonchev–Trinajstić information content (AvgIpc) is 2.19. The van der Waals surface area contributed by atoms with E-state index in [1.54, 1.807) is 0 Å². The van der Waals surface area contributed by atoms with Crippen molar-refractivity contribution in [1.29, 1.82) is 0 Å². The van der Waals surface area contributed by atoms with Gasteiger partial charge in [0.05, 0.1) is 12.2 Å². The molecule has 108 valence electrons. The summed E-state index contributed by atoms with van der Waals surface area (Å²) in [5, 5.41) is 3.59. The second-order valence-corrected chi connectivity index (χ2v) is 7.05. The van der Waals surface area contributed by atoms with Gasteiger partial charge in [-0.25, -0.2) is 0 Å². The maximum absolute atomic E-state index is 5.86. The molecule has 1 heterocycles. The Morgan fingerprint density at radius 2 is 2.00 bits per heavy atom.